The first-order chi connectivity index (χ1) is 13.7. The lowest BCUT2D eigenvalue weighted by Gasteiger charge is -2.33. The van der Waals surface area contributed by atoms with Crippen molar-refractivity contribution in [3.63, 3.8) is 0 Å². The van der Waals surface area contributed by atoms with Crippen LogP contribution in [0.4, 0.5) is 5.95 Å². The highest BCUT2D eigenvalue weighted by atomic mass is 16.3. The monoisotopic (exact) mass is 385 g/mol. The lowest BCUT2D eigenvalue weighted by molar-refractivity contribution is 0.0695. The molecular weight excluding hydrogens is 358 g/mol. The molecule has 9 heteroatoms. The third-order valence-electron chi connectivity index (χ3n) is 5.37. The van der Waals surface area contributed by atoms with Crippen LogP contribution in [0.25, 0.3) is 0 Å². The van der Waals surface area contributed by atoms with Crippen LogP contribution in [-0.2, 0) is 6.54 Å². The van der Waals surface area contributed by atoms with Gasteiger partial charge in [-0.25, -0.2) is 15.0 Å². The molecule has 0 aliphatic carbocycles. The highest BCUT2D eigenvalue weighted by molar-refractivity contribution is 5.92. The Hall–Kier alpha value is -2.52. The van der Waals surface area contributed by atoms with E-state index in [0.29, 0.717) is 30.7 Å². The molecule has 1 N–H and O–H groups in total. The predicted octanol–water partition coefficient (Wildman–Crippen LogP) is 0.611. The van der Waals surface area contributed by atoms with Gasteiger partial charge in [0.25, 0.3) is 5.91 Å². The second-order valence-corrected chi connectivity index (χ2v) is 7.25. The van der Waals surface area contributed by atoms with Crippen LogP contribution in [0.15, 0.2) is 29.1 Å². The van der Waals surface area contributed by atoms with Crippen LogP contribution in [-0.4, -0.2) is 82.5 Å². The molecule has 0 saturated carbocycles. The van der Waals surface area contributed by atoms with Gasteiger partial charge in [0.2, 0.25) is 11.8 Å². The molecule has 4 heterocycles. The van der Waals surface area contributed by atoms with Crippen LogP contribution in [0, 0.1) is 0 Å². The van der Waals surface area contributed by atoms with Crippen LogP contribution >= 0.6 is 0 Å². The van der Waals surface area contributed by atoms with Crippen LogP contribution < -0.4 is 10.2 Å². The summed E-state index contributed by atoms with van der Waals surface area (Å²) in [6.45, 7) is 8.46. The second-order valence-electron chi connectivity index (χ2n) is 7.25. The molecule has 1 amide bonds. The highest BCUT2D eigenvalue weighted by Gasteiger charge is 2.26. The third kappa shape index (κ3) is 4.31. The number of anilines is 1. The first kappa shape index (κ1) is 18.8. The number of carbonyl (C=O) groups excluding carboxylic acids is 1. The van der Waals surface area contributed by atoms with Crippen molar-refractivity contribution in [3.8, 4) is 0 Å². The van der Waals surface area contributed by atoms with Gasteiger partial charge >= 0.3 is 0 Å². The molecular formula is C19H27N7O2. The Balaban J connectivity index is 1.30. The lowest BCUT2D eigenvalue weighted by Crippen LogP contribution is -2.52. The minimum Gasteiger partial charge on any atom is -0.447 e. The van der Waals surface area contributed by atoms with Gasteiger partial charge in [0, 0.05) is 64.2 Å². The summed E-state index contributed by atoms with van der Waals surface area (Å²) in [5.41, 5.74) is 0.406. The first-order valence-electron chi connectivity index (χ1n) is 9.94. The Morgan fingerprint density at radius 2 is 2.00 bits per heavy atom. The zero-order valence-electron chi connectivity index (χ0n) is 16.3. The maximum Gasteiger partial charge on any atom is 0.275 e. The minimum atomic E-state index is -0.0407. The van der Waals surface area contributed by atoms with Crippen molar-refractivity contribution in [2.75, 3.05) is 50.7 Å². The number of aromatic nitrogens is 3. The quantitative estimate of drug-likeness (QED) is 0.801. The normalized spacial score (nSPS) is 21.1. The standard InChI is InChI=1S/C19H27N7O2/c1-2-15-12-26(7-6-20-15)18(27)16-14-28-17(23-16)13-24-8-10-25(11-9-24)19-21-4-3-5-22-19/h3-5,14-15,20H,2,6-13H2,1H3/t15-/m0/s1. The zero-order valence-corrected chi connectivity index (χ0v) is 16.3. The number of nitrogens with one attached hydrogen (secondary N) is 1. The van der Waals surface area contributed by atoms with E-state index in [-0.39, 0.29) is 5.91 Å². The molecule has 0 bridgehead atoms. The van der Waals surface area contributed by atoms with Gasteiger partial charge in [-0.2, -0.15) is 0 Å². The van der Waals surface area contributed by atoms with Crippen LogP contribution in [0.1, 0.15) is 29.7 Å². The number of amides is 1. The molecule has 2 aromatic rings. The van der Waals surface area contributed by atoms with Crippen LogP contribution in [0.2, 0.25) is 0 Å². The first-order valence-corrected chi connectivity index (χ1v) is 9.94. The second kappa shape index (κ2) is 8.66. The smallest absolute Gasteiger partial charge is 0.275 e. The molecule has 4 rings (SSSR count). The molecule has 0 radical (unpaired) electrons. The van der Waals surface area contributed by atoms with Gasteiger partial charge in [-0.05, 0) is 12.5 Å². The number of hydrogen-bond donors (Lipinski definition) is 1. The molecule has 1 atom stereocenters. The Morgan fingerprint density at radius 3 is 2.75 bits per heavy atom. The van der Waals surface area contributed by atoms with E-state index in [1.54, 1.807) is 12.4 Å². The van der Waals surface area contributed by atoms with E-state index in [4.69, 9.17) is 4.42 Å². The SMILES string of the molecule is CC[C@H]1CN(C(=O)c2coc(CN3CCN(c4ncccn4)CC3)n2)CCN1. The van der Waals surface area contributed by atoms with Crippen molar-refractivity contribution in [2.45, 2.75) is 25.9 Å². The number of oxazole rings is 1. The molecule has 150 valence electrons. The molecule has 2 fully saturated rings. The Morgan fingerprint density at radius 1 is 1.21 bits per heavy atom. The van der Waals surface area contributed by atoms with Crippen molar-refractivity contribution in [2.24, 2.45) is 0 Å². The van der Waals surface area contributed by atoms with E-state index < -0.39 is 0 Å². The fourth-order valence-electron chi connectivity index (χ4n) is 3.68. The van der Waals surface area contributed by atoms with Crippen molar-refractivity contribution < 1.29 is 9.21 Å². The lowest BCUT2D eigenvalue weighted by atomic mass is 10.1. The zero-order chi connectivity index (χ0) is 19.3. The van der Waals surface area contributed by atoms with E-state index in [9.17, 15) is 4.79 Å². The van der Waals surface area contributed by atoms with E-state index >= 15 is 0 Å². The average molecular weight is 385 g/mol. The van der Waals surface area contributed by atoms with Gasteiger partial charge in [0.05, 0.1) is 6.54 Å². The fourth-order valence-corrected chi connectivity index (χ4v) is 3.68. The highest BCUT2D eigenvalue weighted by Crippen LogP contribution is 2.14. The van der Waals surface area contributed by atoms with E-state index in [1.165, 1.54) is 6.26 Å². The van der Waals surface area contributed by atoms with E-state index in [1.807, 2.05) is 11.0 Å². The van der Waals surface area contributed by atoms with E-state index in [0.717, 1.165) is 51.6 Å². The topological polar surface area (TPSA) is 90.6 Å². The molecule has 28 heavy (non-hydrogen) atoms. The molecule has 2 aliphatic rings. The number of carbonyl (C=O) groups is 1. The summed E-state index contributed by atoms with van der Waals surface area (Å²) < 4.78 is 5.59. The summed E-state index contributed by atoms with van der Waals surface area (Å²) in [5.74, 6) is 1.32. The molecule has 0 unspecified atom stereocenters. The summed E-state index contributed by atoms with van der Waals surface area (Å²) in [4.78, 5) is 32.1. The fraction of sp³-hybridized carbons (Fsp3) is 0.579. The van der Waals surface area contributed by atoms with Gasteiger partial charge in [-0.1, -0.05) is 6.92 Å². The summed E-state index contributed by atoms with van der Waals surface area (Å²) in [5, 5.41) is 3.42. The van der Waals surface area contributed by atoms with Crippen LogP contribution in [0.3, 0.4) is 0 Å². The molecule has 0 aromatic carbocycles. The van der Waals surface area contributed by atoms with Crippen LogP contribution in [0.5, 0.6) is 0 Å². The van der Waals surface area contributed by atoms with Gasteiger partial charge in [-0.15, -0.1) is 0 Å². The predicted molar refractivity (Wildman–Crippen MR) is 104 cm³/mol. The summed E-state index contributed by atoms with van der Waals surface area (Å²) in [6, 6.07) is 2.18. The van der Waals surface area contributed by atoms with Gasteiger partial charge in [0.1, 0.15) is 6.26 Å². The Kier molecular flexibility index (Phi) is 5.82. The van der Waals surface area contributed by atoms with Gasteiger partial charge in [0.15, 0.2) is 5.69 Å². The van der Waals surface area contributed by atoms with Crippen molar-refractivity contribution >= 4 is 11.9 Å². The summed E-state index contributed by atoms with van der Waals surface area (Å²) in [6.07, 6.45) is 6.03. The van der Waals surface area contributed by atoms with Gasteiger partial charge < -0.3 is 19.5 Å². The largest absolute Gasteiger partial charge is 0.447 e. The molecule has 2 aliphatic heterocycles. The molecule has 2 saturated heterocycles. The van der Waals surface area contributed by atoms with E-state index in [2.05, 4.69) is 37.0 Å². The molecule has 0 spiro atoms. The average Bonchev–Trinajstić information content (AvgIpc) is 3.23. The maximum absolute atomic E-state index is 12.7. The Bertz CT molecular complexity index is 774. The number of rotatable bonds is 5. The molecule has 9 nitrogen and oxygen atoms in total. The maximum atomic E-state index is 12.7. The van der Waals surface area contributed by atoms with Crippen molar-refractivity contribution in [3.05, 3.63) is 36.3 Å². The number of hydrogen-bond acceptors (Lipinski definition) is 8. The Labute approximate surface area is 164 Å². The minimum absolute atomic E-state index is 0.0407. The third-order valence-corrected chi connectivity index (χ3v) is 5.37. The molecule has 2 aromatic heterocycles. The van der Waals surface area contributed by atoms with Crippen molar-refractivity contribution in [1.29, 1.82) is 0 Å². The number of nitrogens with zero attached hydrogens (tertiary/aromatic N) is 6. The van der Waals surface area contributed by atoms with Crippen molar-refractivity contribution in [1.82, 2.24) is 30.1 Å². The van der Waals surface area contributed by atoms with Gasteiger partial charge in [-0.3, -0.25) is 9.69 Å². The summed E-state index contributed by atoms with van der Waals surface area (Å²) >= 11 is 0. The summed E-state index contributed by atoms with van der Waals surface area (Å²) in [7, 11) is 0. The number of piperazine rings is 2.